The summed E-state index contributed by atoms with van der Waals surface area (Å²) < 4.78 is 10.5. The summed E-state index contributed by atoms with van der Waals surface area (Å²) in [4.78, 5) is 11.6. The van der Waals surface area contributed by atoms with Gasteiger partial charge in [-0.15, -0.1) is 0 Å². The lowest BCUT2D eigenvalue weighted by atomic mass is 9.79. The molecule has 0 N–H and O–H groups in total. The number of rotatable bonds is 3. The SMILES string of the molecule is CCC(=O)C(C)(C)C1CCOCO1. The molecule has 1 aliphatic heterocycles. The summed E-state index contributed by atoms with van der Waals surface area (Å²) in [5, 5.41) is 0. The van der Waals surface area contributed by atoms with E-state index in [4.69, 9.17) is 9.47 Å². The minimum Gasteiger partial charge on any atom is -0.355 e. The fraction of sp³-hybridized carbons (Fsp3) is 0.900. The van der Waals surface area contributed by atoms with E-state index in [1.54, 1.807) is 0 Å². The molecule has 1 rings (SSSR count). The van der Waals surface area contributed by atoms with Gasteiger partial charge in [-0.3, -0.25) is 4.79 Å². The fourth-order valence-corrected chi connectivity index (χ4v) is 1.67. The largest absolute Gasteiger partial charge is 0.355 e. The Balaban J connectivity index is 2.60. The monoisotopic (exact) mass is 186 g/mol. The normalized spacial score (nSPS) is 24.4. The van der Waals surface area contributed by atoms with Gasteiger partial charge in [-0.05, 0) is 6.42 Å². The van der Waals surface area contributed by atoms with E-state index >= 15 is 0 Å². The summed E-state index contributed by atoms with van der Waals surface area (Å²) in [5.41, 5.74) is -0.363. The quantitative estimate of drug-likeness (QED) is 0.673. The molecule has 1 heterocycles. The van der Waals surface area contributed by atoms with Crippen molar-refractivity contribution in [2.45, 2.75) is 39.7 Å². The Labute approximate surface area is 79.4 Å². The van der Waals surface area contributed by atoms with Crippen LogP contribution in [0, 0.1) is 5.41 Å². The molecule has 0 radical (unpaired) electrons. The molecule has 13 heavy (non-hydrogen) atoms. The summed E-state index contributed by atoms with van der Waals surface area (Å²) in [6, 6.07) is 0. The third-order valence-electron chi connectivity index (χ3n) is 2.72. The van der Waals surface area contributed by atoms with Gasteiger partial charge in [0, 0.05) is 11.8 Å². The van der Waals surface area contributed by atoms with Gasteiger partial charge in [0.1, 0.15) is 12.6 Å². The first kappa shape index (κ1) is 10.7. The van der Waals surface area contributed by atoms with Crippen LogP contribution in [0.15, 0.2) is 0 Å². The van der Waals surface area contributed by atoms with Crippen LogP contribution in [0.5, 0.6) is 0 Å². The first-order valence-electron chi connectivity index (χ1n) is 4.81. The second kappa shape index (κ2) is 4.20. The third kappa shape index (κ3) is 2.29. The molecule has 0 saturated carbocycles. The molecule has 1 fully saturated rings. The molecule has 3 nitrogen and oxygen atoms in total. The Hall–Kier alpha value is -0.410. The zero-order chi connectivity index (χ0) is 9.90. The second-order valence-corrected chi connectivity index (χ2v) is 3.97. The number of hydrogen-bond donors (Lipinski definition) is 0. The first-order valence-corrected chi connectivity index (χ1v) is 4.81. The molecule has 76 valence electrons. The minimum absolute atomic E-state index is 0.0219. The highest BCUT2D eigenvalue weighted by molar-refractivity contribution is 5.84. The maximum Gasteiger partial charge on any atom is 0.147 e. The van der Waals surface area contributed by atoms with Crippen LogP contribution in [-0.2, 0) is 14.3 Å². The van der Waals surface area contributed by atoms with E-state index in [9.17, 15) is 4.79 Å². The van der Waals surface area contributed by atoms with Crippen molar-refractivity contribution in [3.8, 4) is 0 Å². The Kier molecular flexibility index (Phi) is 3.45. The number of carbonyl (C=O) groups excluding carboxylic acids is 1. The van der Waals surface area contributed by atoms with Gasteiger partial charge < -0.3 is 9.47 Å². The average molecular weight is 186 g/mol. The molecule has 1 saturated heterocycles. The Morgan fingerprint density at radius 2 is 2.23 bits per heavy atom. The predicted molar refractivity (Wildman–Crippen MR) is 49.4 cm³/mol. The van der Waals surface area contributed by atoms with Gasteiger partial charge in [0.2, 0.25) is 0 Å². The summed E-state index contributed by atoms with van der Waals surface area (Å²) in [5.74, 6) is 0.263. The zero-order valence-corrected chi connectivity index (χ0v) is 8.63. The van der Waals surface area contributed by atoms with E-state index in [0.717, 1.165) is 6.42 Å². The molecular weight excluding hydrogens is 168 g/mol. The molecule has 0 aliphatic carbocycles. The van der Waals surface area contributed by atoms with E-state index < -0.39 is 0 Å². The molecule has 0 amide bonds. The van der Waals surface area contributed by atoms with Gasteiger partial charge >= 0.3 is 0 Å². The smallest absolute Gasteiger partial charge is 0.147 e. The van der Waals surface area contributed by atoms with E-state index in [2.05, 4.69) is 0 Å². The standard InChI is InChI=1S/C10H18O3/c1-4-8(11)10(2,3)9-5-6-12-7-13-9/h9H,4-7H2,1-3H3. The number of hydrogen-bond acceptors (Lipinski definition) is 3. The summed E-state index contributed by atoms with van der Waals surface area (Å²) in [7, 11) is 0. The topological polar surface area (TPSA) is 35.5 Å². The van der Waals surface area contributed by atoms with Crippen molar-refractivity contribution >= 4 is 5.78 Å². The van der Waals surface area contributed by atoms with Gasteiger partial charge in [0.05, 0.1) is 12.7 Å². The maximum atomic E-state index is 11.6. The summed E-state index contributed by atoms with van der Waals surface area (Å²) >= 11 is 0. The Morgan fingerprint density at radius 1 is 1.54 bits per heavy atom. The van der Waals surface area contributed by atoms with Gasteiger partial charge in [-0.1, -0.05) is 20.8 Å². The van der Waals surface area contributed by atoms with Crippen molar-refractivity contribution in [3.05, 3.63) is 0 Å². The number of Topliss-reactive ketones (excluding diaryl/α,β-unsaturated/α-hetero) is 1. The Bertz CT molecular complexity index is 181. The molecular formula is C10H18O3. The van der Waals surface area contributed by atoms with Crippen molar-refractivity contribution in [2.24, 2.45) is 5.41 Å². The highest BCUT2D eigenvalue weighted by Gasteiger charge is 2.37. The Morgan fingerprint density at radius 3 is 2.69 bits per heavy atom. The molecule has 1 unspecified atom stereocenters. The van der Waals surface area contributed by atoms with Crippen molar-refractivity contribution in [3.63, 3.8) is 0 Å². The van der Waals surface area contributed by atoms with Crippen LogP contribution in [0.4, 0.5) is 0 Å². The van der Waals surface area contributed by atoms with Gasteiger partial charge in [0.25, 0.3) is 0 Å². The van der Waals surface area contributed by atoms with E-state index in [-0.39, 0.29) is 17.3 Å². The van der Waals surface area contributed by atoms with Crippen molar-refractivity contribution < 1.29 is 14.3 Å². The van der Waals surface area contributed by atoms with E-state index in [1.807, 2.05) is 20.8 Å². The lowest BCUT2D eigenvalue weighted by Gasteiger charge is -2.35. The fourth-order valence-electron chi connectivity index (χ4n) is 1.67. The van der Waals surface area contributed by atoms with Crippen LogP contribution in [0.25, 0.3) is 0 Å². The van der Waals surface area contributed by atoms with Gasteiger partial charge in [-0.2, -0.15) is 0 Å². The van der Waals surface area contributed by atoms with Crippen LogP contribution < -0.4 is 0 Å². The highest BCUT2D eigenvalue weighted by atomic mass is 16.7. The summed E-state index contributed by atoms with van der Waals surface area (Å²) in [6.07, 6.45) is 1.42. The van der Waals surface area contributed by atoms with Crippen LogP contribution in [0.2, 0.25) is 0 Å². The zero-order valence-electron chi connectivity index (χ0n) is 8.63. The van der Waals surface area contributed by atoms with Crippen LogP contribution in [0.3, 0.4) is 0 Å². The second-order valence-electron chi connectivity index (χ2n) is 3.97. The number of ketones is 1. The lowest BCUT2D eigenvalue weighted by Crippen LogP contribution is -2.42. The maximum absolute atomic E-state index is 11.6. The van der Waals surface area contributed by atoms with Gasteiger partial charge in [-0.25, -0.2) is 0 Å². The van der Waals surface area contributed by atoms with E-state index in [0.29, 0.717) is 19.8 Å². The van der Waals surface area contributed by atoms with Crippen molar-refractivity contribution in [2.75, 3.05) is 13.4 Å². The molecule has 1 atom stereocenters. The van der Waals surface area contributed by atoms with Gasteiger partial charge in [0.15, 0.2) is 0 Å². The van der Waals surface area contributed by atoms with Crippen LogP contribution >= 0.6 is 0 Å². The molecule has 0 aromatic rings. The summed E-state index contributed by atoms with van der Waals surface area (Å²) in [6.45, 7) is 6.82. The first-order chi connectivity index (χ1) is 6.09. The molecule has 0 bridgehead atoms. The van der Waals surface area contributed by atoms with Crippen LogP contribution in [0.1, 0.15) is 33.6 Å². The van der Waals surface area contributed by atoms with Crippen molar-refractivity contribution in [1.29, 1.82) is 0 Å². The highest BCUT2D eigenvalue weighted by Crippen LogP contribution is 2.29. The molecule has 0 aromatic carbocycles. The molecule has 0 aromatic heterocycles. The minimum atomic E-state index is -0.363. The predicted octanol–water partition coefficient (Wildman–Crippen LogP) is 1.75. The van der Waals surface area contributed by atoms with Crippen LogP contribution in [-0.4, -0.2) is 25.3 Å². The molecule has 3 heteroatoms. The lowest BCUT2D eigenvalue weighted by molar-refractivity contribution is -0.177. The number of carbonyl (C=O) groups is 1. The number of ether oxygens (including phenoxy) is 2. The third-order valence-corrected chi connectivity index (χ3v) is 2.72. The molecule has 1 aliphatic rings. The molecule has 0 spiro atoms. The average Bonchev–Trinajstić information content (AvgIpc) is 2.18. The van der Waals surface area contributed by atoms with Crippen molar-refractivity contribution in [1.82, 2.24) is 0 Å². The van der Waals surface area contributed by atoms with E-state index in [1.165, 1.54) is 0 Å².